The van der Waals surface area contributed by atoms with Crippen molar-refractivity contribution in [1.82, 2.24) is 14.3 Å². The Labute approximate surface area is 169 Å². The lowest BCUT2D eigenvalue weighted by molar-refractivity contribution is 0.102. The zero-order valence-corrected chi connectivity index (χ0v) is 17.3. The Hall–Kier alpha value is -2.65. The van der Waals surface area contributed by atoms with E-state index < -0.39 is 9.84 Å². The van der Waals surface area contributed by atoms with Gasteiger partial charge < -0.3 is 14.6 Å². The minimum atomic E-state index is -3.05. The normalized spacial score (nSPS) is 18.3. The Bertz CT molecular complexity index is 1160. The number of hydrogen-bond donors (Lipinski definition) is 1. The molecular formula is C20H24N4O4S. The quantitative estimate of drug-likeness (QED) is 0.666. The summed E-state index contributed by atoms with van der Waals surface area (Å²) in [5.74, 6) is 0.465. The van der Waals surface area contributed by atoms with Gasteiger partial charge in [-0.15, -0.1) is 0 Å². The van der Waals surface area contributed by atoms with Crippen molar-refractivity contribution in [3.05, 3.63) is 47.8 Å². The molecule has 0 aliphatic carbocycles. The number of aromatic nitrogens is 3. The highest BCUT2D eigenvalue weighted by Crippen LogP contribution is 2.27. The lowest BCUT2D eigenvalue weighted by Crippen LogP contribution is -2.19. The van der Waals surface area contributed by atoms with Crippen molar-refractivity contribution in [2.45, 2.75) is 25.9 Å². The maximum atomic E-state index is 12.9. The van der Waals surface area contributed by atoms with Gasteiger partial charge in [0.2, 0.25) is 0 Å². The zero-order chi connectivity index (χ0) is 20.6. The third-order valence-corrected chi connectivity index (χ3v) is 6.98. The Morgan fingerprint density at radius 1 is 1.31 bits per heavy atom. The van der Waals surface area contributed by atoms with E-state index in [2.05, 4.69) is 10.4 Å². The molecule has 3 heterocycles. The molecule has 4 rings (SSSR count). The second-order valence-electron chi connectivity index (χ2n) is 7.40. The Morgan fingerprint density at radius 2 is 2.14 bits per heavy atom. The van der Waals surface area contributed by atoms with Gasteiger partial charge in [-0.05, 0) is 36.9 Å². The van der Waals surface area contributed by atoms with E-state index >= 15 is 0 Å². The van der Waals surface area contributed by atoms with Gasteiger partial charge in [0.05, 0.1) is 29.8 Å². The molecule has 1 atom stereocenters. The van der Waals surface area contributed by atoms with Crippen LogP contribution in [0.25, 0.3) is 10.9 Å². The number of fused-ring (bicyclic) bond motifs is 1. The third kappa shape index (κ3) is 4.06. The van der Waals surface area contributed by atoms with Gasteiger partial charge in [-0.25, -0.2) is 13.1 Å². The van der Waals surface area contributed by atoms with Crippen LogP contribution in [0.4, 0.5) is 5.82 Å². The van der Waals surface area contributed by atoms with Crippen molar-refractivity contribution in [2.24, 2.45) is 0 Å². The molecule has 1 N–H and O–H groups in total. The molecule has 8 nitrogen and oxygen atoms in total. The predicted octanol–water partition coefficient (Wildman–Crippen LogP) is 2.40. The van der Waals surface area contributed by atoms with Crippen LogP contribution in [0.15, 0.2) is 36.5 Å². The first-order chi connectivity index (χ1) is 13.9. The van der Waals surface area contributed by atoms with Crippen LogP contribution in [-0.2, 0) is 21.1 Å². The molecule has 1 amide bonds. The first-order valence-corrected chi connectivity index (χ1v) is 11.3. The molecule has 2 aromatic heterocycles. The molecule has 29 heavy (non-hydrogen) atoms. The van der Waals surface area contributed by atoms with E-state index in [1.54, 1.807) is 23.9 Å². The fourth-order valence-corrected chi connectivity index (χ4v) is 5.45. The molecule has 0 spiro atoms. The van der Waals surface area contributed by atoms with Gasteiger partial charge in [0.15, 0.2) is 9.84 Å². The number of anilines is 1. The molecule has 1 aromatic carbocycles. The molecule has 0 bridgehead atoms. The molecule has 1 aliphatic rings. The van der Waals surface area contributed by atoms with Crippen LogP contribution >= 0.6 is 0 Å². The van der Waals surface area contributed by atoms with Crippen molar-refractivity contribution in [3.8, 4) is 0 Å². The number of methoxy groups -OCH3 is 1. The van der Waals surface area contributed by atoms with E-state index in [1.807, 2.05) is 35.9 Å². The Kier molecular flexibility index (Phi) is 5.18. The summed E-state index contributed by atoms with van der Waals surface area (Å²) in [5.41, 5.74) is 2.22. The Morgan fingerprint density at radius 3 is 2.86 bits per heavy atom. The standard InChI is InChI=1S/C20H24N4O4S/c1-14-11-19(24(22-14)17-6-10-29(26,27)13-17)21-20(25)16-4-3-15-5-7-23(8-9-28-2)18(15)12-16/h3-5,7,11-12,17H,6,8-10,13H2,1-2H3,(H,21,25). The van der Waals surface area contributed by atoms with Gasteiger partial charge in [-0.2, -0.15) is 5.10 Å². The number of nitrogens with one attached hydrogen (secondary N) is 1. The Balaban J connectivity index is 1.58. The highest BCUT2D eigenvalue weighted by molar-refractivity contribution is 7.91. The number of amides is 1. The maximum Gasteiger partial charge on any atom is 0.256 e. The van der Waals surface area contributed by atoms with Gasteiger partial charge in [0.25, 0.3) is 5.91 Å². The fraction of sp³-hybridized carbons (Fsp3) is 0.400. The molecule has 1 unspecified atom stereocenters. The van der Waals surface area contributed by atoms with E-state index in [0.29, 0.717) is 31.0 Å². The molecule has 0 saturated carbocycles. The SMILES string of the molecule is COCCn1ccc2ccc(C(=O)Nc3cc(C)nn3C3CCS(=O)(=O)C3)cc21. The van der Waals surface area contributed by atoms with Crippen molar-refractivity contribution >= 4 is 32.5 Å². The lowest BCUT2D eigenvalue weighted by atomic mass is 10.1. The van der Waals surface area contributed by atoms with E-state index in [-0.39, 0.29) is 23.5 Å². The van der Waals surface area contributed by atoms with E-state index in [1.165, 1.54) is 0 Å². The fourth-order valence-electron chi connectivity index (χ4n) is 3.75. The minimum absolute atomic E-state index is 0.0516. The lowest BCUT2D eigenvalue weighted by Gasteiger charge is -2.14. The predicted molar refractivity (Wildman–Crippen MR) is 111 cm³/mol. The van der Waals surface area contributed by atoms with Crippen LogP contribution < -0.4 is 5.32 Å². The first kappa shape index (κ1) is 19.7. The van der Waals surface area contributed by atoms with E-state index in [9.17, 15) is 13.2 Å². The monoisotopic (exact) mass is 416 g/mol. The van der Waals surface area contributed by atoms with Crippen LogP contribution in [0.5, 0.6) is 0 Å². The molecule has 9 heteroatoms. The number of hydrogen-bond acceptors (Lipinski definition) is 5. The highest BCUT2D eigenvalue weighted by Gasteiger charge is 2.31. The van der Waals surface area contributed by atoms with Gasteiger partial charge in [-0.3, -0.25) is 4.79 Å². The number of rotatable bonds is 6. The van der Waals surface area contributed by atoms with Crippen molar-refractivity contribution in [3.63, 3.8) is 0 Å². The number of carbonyl (C=O) groups is 1. The summed E-state index contributed by atoms with van der Waals surface area (Å²) < 4.78 is 32.5. The zero-order valence-electron chi connectivity index (χ0n) is 16.5. The summed E-state index contributed by atoms with van der Waals surface area (Å²) in [6.07, 6.45) is 2.48. The van der Waals surface area contributed by atoms with Crippen molar-refractivity contribution in [1.29, 1.82) is 0 Å². The summed E-state index contributed by atoms with van der Waals surface area (Å²) >= 11 is 0. The number of aryl methyl sites for hydroxylation is 1. The van der Waals surface area contributed by atoms with Gasteiger partial charge in [0, 0.05) is 37.0 Å². The van der Waals surface area contributed by atoms with Gasteiger partial charge in [0.1, 0.15) is 5.82 Å². The first-order valence-electron chi connectivity index (χ1n) is 9.52. The largest absolute Gasteiger partial charge is 0.383 e. The second-order valence-corrected chi connectivity index (χ2v) is 9.63. The summed E-state index contributed by atoms with van der Waals surface area (Å²) in [6, 6.07) is 9.08. The number of ether oxygens (including phenoxy) is 1. The number of carbonyl (C=O) groups excluding carboxylic acids is 1. The van der Waals surface area contributed by atoms with Crippen molar-refractivity contribution in [2.75, 3.05) is 30.5 Å². The number of sulfone groups is 1. The van der Waals surface area contributed by atoms with E-state index in [4.69, 9.17) is 4.74 Å². The van der Waals surface area contributed by atoms with Crippen LogP contribution in [0.2, 0.25) is 0 Å². The highest BCUT2D eigenvalue weighted by atomic mass is 32.2. The average Bonchev–Trinajstić information content (AvgIpc) is 3.36. The molecule has 154 valence electrons. The van der Waals surface area contributed by atoms with Gasteiger partial charge in [-0.1, -0.05) is 6.07 Å². The number of nitrogens with zero attached hydrogens (tertiary/aromatic N) is 3. The van der Waals surface area contributed by atoms with Gasteiger partial charge >= 0.3 is 0 Å². The minimum Gasteiger partial charge on any atom is -0.383 e. The van der Waals surface area contributed by atoms with E-state index in [0.717, 1.165) is 16.6 Å². The van der Waals surface area contributed by atoms with Crippen LogP contribution in [0.1, 0.15) is 28.5 Å². The average molecular weight is 417 g/mol. The molecule has 3 aromatic rings. The number of benzene rings is 1. The van der Waals surface area contributed by atoms with Crippen molar-refractivity contribution < 1.29 is 17.9 Å². The van der Waals surface area contributed by atoms with Crippen LogP contribution in [-0.4, -0.2) is 53.9 Å². The summed E-state index contributed by atoms with van der Waals surface area (Å²) in [5, 5.41) is 8.37. The molecule has 1 aliphatic heterocycles. The third-order valence-electron chi connectivity index (χ3n) is 5.23. The summed E-state index contributed by atoms with van der Waals surface area (Å²) in [6.45, 7) is 3.11. The second kappa shape index (κ2) is 7.64. The summed E-state index contributed by atoms with van der Waals surface area (Å²) in [7, 11) is -1.39. The van der Waals surface area contributed by atoms with Crippen LogP contribution in [0, 0.1) is 6.92 Å². The molecule has 1 saturated heterocycles. The maximum absolute atomic E-state index is 12.9. The summed E-state index contributed by atoms with van der Waals surface area (Å²) in [4.78, 5) is 12.9. The molecular weight excluding hydrogens is 392 g/mol. The molecule has 0 radical (unpaired) electrons. The van der Waals surface area contributed by atoms with Crippen LogP contribution in [0.3, 0.4) is 0 Å². The molecule has 1 fully saturated rings. The smallest absolute Gasteiger partial charge is 0.256 e. The topological polar surface area (TPSA) is 95.2 Å².